The van der Waals surface area contributed by atoms with Gasteiger partial charge in [0.05, 0.1) is 27.8 Å². The van der Waals surface area contributed by atoms with Gasteiger partial charge in [-0.3, -0.25) is 4.79 Å². The lowest BCUT2D eigenvalue weighted by Crippen LogP contribution is -2.13. The van der Waals surface area contributed by atoms with Crippen LogP contribution < -0.4 is 18.9 Å². The Morgan fingerprint density at radius 2 is 0.827 bits per heavy atom. The lowest BCUT2D eigenvalue weighted by Gasteiger charge is -2.13. The number of benzene rings is 5. The van der Waals surface area contributed by atoms with Gasteiger partial charge in [-0.15, -0.1) is 0 Å². The van der Waals surface area contributed by atoms with E-state index in [1.54, 1.807) is 24.3 Å². The monoisotopic (exact) mass is 696 g/mol. The van der Waals surface area contributed by atoms with Crippen LogP contribution in [0.3, 0.4) is 0 Å². The number of fused-ring (bicyclic) bond motifs is 1. The Morgan fingerprint density at radius 3 is 1.25 bits per heavy atom. The third-order valence-corrected chi connectivity index (χ3v) is 8.58. The summed E-state index contributed by atoms with van der Waals surface area (Å²) in [5.74, 6) is -1.92. The van der Waals surface area contributed by atoms with Crippen molar-refractivity contribution in [3.05, 3.63) is 154 Å². The van der Waals surface area contributed by atoms with Crippen LogP contribution in [0, 0.1) is 0 Å². The second-order valence-corrected chi connectivity index (χ2v) is 12.3. The van der Waals surface area contributed by atoms with Gasteiger partial charge in [0.1, 0.15) is 23.0 Å². The highest BCUT2D eigenvalue weighted by Gasteiger charge is 2.30. The molecule has 0 saturated heterocycles. The summed E-state index contributed by atoms with van der Waals surface area (Å²) >= 11 is 0. The van der Waals surface area contributed by atoms with Crippen LogP contribution in [0.1, 0.15) is 102 Å². The molecule has 52 heavy (non-hydrogen) atoms. The first-order valence-electron chi connectivity index (χ1n) is 17.2. The quantitative estimate of drug-likeness (QED) is 0.0932. The van der Waals surface area contributed by atoms with Gasteiger partial charge in [0.2, 0.25) is 0 Å². The minimum atomic E-state index is -0.717. The van der Waals surface area contributed by atoms with Crippen LogP contribution in [0.15, 0.2) is 109 Å². The number of carbonyl (C=O) groups excluding carboxylic acids is 5. The summed E-state index contributed by atoms with van der Waals surface area (Å²) in [5.41, 5.74) is 4.13. The third kappa shape index (κ3) is 8.33. The van der Waals surface area contributed by atoms with Gasteiger partial charge >= 0.3 is 23.9 Å². The average Bonchev–Trinajstić information content (AvgIpc) is 3.56. The Labute approximate surface area is 301 Å². The maximum atomic E-state index is 13.1. The largest absolute Gasteiger partial charge is 0.423 e. The molecule has 0 spiro atoms. The van der Waals surface area contributed by atoms with E-state index in [0.717, 1.165) is 36.8 Å². The van der Waals surface area contributed by atoms with Gasteiger partial charge in [-0.2, -0.15) is 0 Å². The van der Waals surface area contributed by atoms with Gasteiger partial charge in [0.25, 0.3) is 0 Å². The number of hydrogen-bond donors (Lipinski definition) is 0. The molecule has 9 heteroatoms. The molecule has 0 saturated carbocycles. The number of esters is 4. The van der Waals surface area contributed by atoms with E-state index in [9.17, 15) is 24.0 Å². The number of carbonyl (C=O) groups is 5. The van der Waals surface area contributed by atoms with E-state index in [0.29, 0.717) is 23.1 Å². The molecule has 0 N–H and O–H groups in total. The third-order valence-electron chi connectivity index (χ3n) is 8.58. The molecule has 0 heterocycles. The summed E-state index contributed by atoms with van der Waals surface area (Å²) < 4.78 is 22.2. The predicted molar refractivity (Wildman–Crippen MR) is 193 cm³/mol. The first-order chi connectivity index (χ1) is 25.2. The minimum Gasteiger partial charge on any atom is -0.423 e. The van der Waals surface area contributed by atoms with Crippen molar-refractivity contribution in [2.24, 2.45) is 0 Å². The summed E-state index contributed by atoms with van der Waals surface area (Å²) in [6.07, 6.45) is 4.34. The van der Waals surface area contributed by atoms with Gasteiger partial charge in [0.15, 0.2) is 5.78 Å². The first-order valence-corrected chi connectivity index (χ1v) is 17.2. The average molecular weight is 697 g/mol. The van der Waals surface area contributed by atoms with Crippen LogP contribution in [0.5, 0.6) is 23.0 Å². The lowest BCUT2D eigenvalue weighted by molar-refractivity contribution is 0.0714. The second-order valence-electron chi connectivity index (χ2n) is 12.3. The number of ketones is 1. The second kappa shape index (κ2) is 16.1. The van der Waals surface area contributed by atoms with E-state index in [4.69, 9.17) is 18.9 Å². The molecule has 0 aromatic heterocycles. The van der Waals surface area contributed by atoms with Crippen LogP contribution in [-0.4, -0.2) is 29.7 Å². The zero-order valence-electron chi connectivity index (χ0n) is 28.8. The molecule has 0 atom stereocenters. The maximum absolute atomic E-state index is 13.1. The summed E-state index contributed by atoms with van der Waals surface area (Å²) in [4.78, 5) is 64.2. The molecule has 0 aliphatic heterocycles. The molecule has 0 amide bonds. The van der Waals surface area contributed by atoms with Gasteiger partial charge < -0.3 is 18.9 Å². The molecule has 0 bridgehead atoms. The van der Waals surface area contributed by atoms with Crippen molar-refractivity contribution in [1.29, 1.82) is 0 Å². The maximum Gasteiger partial charge on any atom is 0.343 e. The van der Waals surface area contributed by atoms with E-state index in [1.807, 2.05) is 24.3 Å². The molecule has 0 radical (unpaired) electrons. The Morgan fingerprint density at radius 1 is 0.462 bits per heavy atom. The number of Topliss-reactive ketones (excluding diaryl/α,β-unsaturated/α-hetero) is 1. The SMILES string of the molecule is CCCc1ccc(C(=O)Oc2ccc(C(=O)Oc3ccc(OC(=O)c4ccc(OC(=O)c5ccc(CCC)cc5)cc4)c4c3CCC4=O)cc2)cc1. The van der Waals surface area contributed by atoms with E-state index in [-0.39, 0.29) is 51.9 Å². The Hall–Kier alpha value is -6.35. The van der Waals surface area contributed by atoms with Crippen molar-refractivity contribution >= 4 is 29.7 Å². The summed E-state index contributed by atoms with van der Waals surface area (Å²) in [5, 5.41) is 0. The molecular weight excluding hydrogens is 660 g/mol. The van der Waals surface area contributed by atoms with Crippen LogP contribution in [0.2, 0.25) is 0 Å². The van der Waals surface area contributed by atoms with E-state index >= 15 is 0 Å². The molecular formula is C43H36O9. The van der Waals surface area contributed by atoms with Crippen LogP contribution in [0.4, 0.5) is 0 Å². The predicted octanol–water partition coefficient (Wildman–Crippen LogP) is 8.60. The molecule has 0 unspecified atom stereocenters. The lowest BCUT2D eigenvalue weighted by atomic mass is 10.1. The zero-order chi connectivity index (χ0) is 36.6. The van der Waals surface area contributed by atoms with Crippen molar-refractivity contribution in [3.63, 3.8) is 0 Å². The minimum absolute atomic E-state index is 0.0514. The van der Waals surface area contributed by atoms with Gasteiger partial charge in [0, 0.05) is 12.0 Å². The number of hydrogen-bond acceptors (Lipinski definition) is 9. The Bertz CT molecular complexity index is 2110. The highest BCUT2D eigenvalue weighted by atomic mass is 16.5. The molecule has 0 fully saturated rings. The molecule has 5 aromatic rings. The van der Waals surface area contributed by atoms with E-state index < -0.39 is 23.9 Å². The van der Waals surface area contributed by atoms with Crippen molar-refractivity contribution in [3.8, 4) is 23.0 Å². The Kier molecular flexibility index (Phi) is 11.0. The number of ether oxygens (including phenoxy) is 4. The molecule has 6 rings (SSSR count). The fourth-order valence-corrected chi connectivity index (χ4v) is 5.87. The number of rotatable bonds is 12. The normalized spacial score (nSPS) is 11.8. The number of aryl methyl sites for hydroxylation is 2. The fraction of sp³-hybridized carbons (Fsp3) is 0.186. The van der Waals surface area contributed by atoms with Crippen molar-refractivity contribution in [1.82, 2.24) is 0 Å². The van der Waals surface area contributed by atoms with E-state index in [2.05, 4.69) is 13.8 Å². The van der Waals surface area contributed by atoms with Gasteiger partial charge in [-0.25, -0.2) is 19.2 Å². The highest BCUT2D eigenvalue weighted by molar-refractivity contribution is 6.05. The van der Waals surface area contributed by atoms with Crippen molar-refractivity contribution in [2.75, 3.05) is 0 Å². The van der Waals surface area contributed by atoms with E-state index in [1.165, 1.54) is 60.7 Å². The highest BCUT2D eigenvalue weighted by Crippen LogP contribution is 2.38. The Balaban J connectivity index is 1.07. The first kappa shape index (κ1) is 35.5. The molecule has 9 nitrogen and oxygen atoms in total. The van der Waals surface area contributed by atoms with Gasteiger partial charge in [-0.1, -0.05) is 51.0 Å². The van der Waals surface area contributed by atoms with Gasteiger partial charge in [-0.05, 0) is 115 Å². The van der Waals surface area contributed by atoms with Crippen molar-refractivity contribution in [2.45, 2.75) is 52.4 Å². The smallest absolute Gasteiger partial charge is 0.343 e. The fourth-order valence-electron chi connectivity index (χ4n) is 5.87. The van der Waals surface area contributed by atoms with Crippen LogP contribution in [-0.2, 0) is 19.3 Å². The van der Waals surface area contributed by atoms with Crippen molar-refractivity contribution < 1.29 is 42.9 Å². The molecule has 5 aromatic carbocycles. The topological polar surface area (TPSA) is 122 Å². The summed E-state index contributed by atoms with van der Waals surface area (Å²) in [6, 6.07) is 29.2. The molecule has 262 valence electrons. The molecule has 1 aliphatic carbocycles. The molecule has 1 aliphatic rings. The zero-order valence-corrected chi connectivity index (χ0v) is 28.8. The summed E-state index contributed by atoms with van der Waals surface area (Å²) in [7, 11) is 0. The summed E-state index contributed by atoms with van der Waals surface area (Å²) in [6.45, 7) is 4.18. The van der Waals surface area contributed by atoms with Crippen LogP contribution in [0.25, 0.3) is 0 Å². The standard InChI is InChI=1S/C43H36O9/c1-3-5-27-7-11-29(12-8-27)40(45)49-33-19-15-31(16-20-33)42(47)51-37-25-26-38(39-35(37)23-24-36(39)44)52-43(48)32-17-21-34(22-18-32)50-41(46)30-13-9-28(6-4-2)10-14-30/h7-22,25-26H,3-6,23-24H2,1-2H3. The van der Waals surface area contributed by atoms with Crippen LogP contribution >= 0.6 is 0 Å².